The molecule has 1 aliphatic rings. The number of carbonyl (C=O) groups is 2. The molecule has 2 aromatic heterocycles. The molecule has 1 aliphatic carbocycles. The number of H-pyrrole nitrogens is 1. The molecule has 1 amide bonds. The van der Waals surface area contributed by atoms with Crippen molar-refractivity contribution in [3.63, 3.8) is 0 Å². The lowest BCUT2D eigenvalue weighted by molar-refractivity contribution is -0.135. The minimum absolute atomic E-state index is 0.135. The summed E-state index contributed by atoms with van der Waals surface area (Å²) in [5.74, 6) is -1.62. The summed E-state index contributed by atoms with van der Waals surface area (Å²) >= 11 is 0. The van der Waals surface area contributed by atoms with E-state index in [1.165, 1.54) is 12.4 Å². The molecule has 2 heterocycles. The van der Waals surface area contributed by atoms with Crippen LogP contribution in [-0.2, 0) is 4.79 Å². The van der Waals surface area contributed by atoms with Gasteiger partial charge in [0.25, 0.3) is 5.91 Å². The monoisotopic (exact) mass is 304 g/mol. The van der Waals surface area contributed by atoms with Crippen LogP contribution in [0.4, 0.5) is 0 Å². The van der Waals surface area contributed by atoms with Gasteiger partial charge >= 0.3 is 5.97 Å². The van der Waals surface area contributed by atoms with Crippen molar-refractivity contribution in [3.8, 4) is 0 Å². The summed E-state index contributed by atoms with van der Waals surface area (Å²) in [5, 5.41) is 13.7. The van der Waals surface area contributed by atoms with Gasteiger partial charge in [0.1, 0.15) is 18.4 Å². The quantitative estimate of drug-likeness (QED) is 0.760. The summed E-state index contributed by atoms with van der Waals surface area (Å²) in [7, 11) is 0. The van der Waals surface area contributed by atoms with Gasteiger partial charge in [0.05, 0.1) is 0 Å². The van der Waals surface area contributed by atoms with Crippen LogP contribution in [0.3, 0.4) is 0 Å². The molecule has 116 valence electrons. The Morgan fingerprint density at radius 3 is 2.82 bits per heavy atom. The second-order valence-corrected chi connectivity index (χ2v) is 5.41. The van der Waals surface area contributed by atoms with Crippen molar-refractivity contribution in [2.75, 3.05) is 6.54 Å². The third-order valence-electron chi connectivity index (χ3n) is 3.99. The van der Waals surface area contributed by atoms with Gasteiger partial charge in [-0.15, -0.1) is 0 Å². The predicted octanol–water partition coefficient (Wildman–Crippen LogP) is 0.495. The van der Waals surface area contributed by atoms with E-state index >= 15 is 0 Å². The molecule has 1 saturated carbocycles. The molecule has 22 heavy (non-hydrogen) atoms. The molecule has 0 aliphatic heterocycles. The van der Waals surface area contributed by atoms with Crippen LogP contribution in [0.25, 0.3) is 5.65 Å². The zero-order valence-corrected chi connectivity index (χ0v) is 11.8. The van der Waals surface area contributed by atoms with Crippen molar-refractivity contribution >= 4 is 17.5 Å². The van der Waals surface area contributed by atoms with Crippen LogP contribution in [0.1, 0.15) is 47.7 Å². The van der Waals surface area contributed by atoms with Gasteiger partial charge in [0.2, 0.25) is 0 Å². The van der Waals surface area contributed by atoms with Crippen LogP contribution in [0.15, 0.2) is 17.2 Å². The molecular weight excluding hydrogens is 288 g/mol. The van der Waals surface area contributed by atoms with Crippen molar-refractivity contribution in [2.24, 2.45) is 0 Å². The third-order valence-corrected chi connectivity index (χ3v) is 3.99. The average Bonchev–Trinajstić information content (AvgIpc) is 3.14. The number of amides is 1. The number of aromatic amines is 1. The van der Waals surface area contributed by atoms with Gasteiger partial charge in [0.15, 0.2) is 11.1 Å². The van der Waals surface area contributed by atoms with Gasteiger partial charge in [-0.3, -0.25) is 19.5 Å². The van der Waals surface area contributed by atoms with Gasteiger partial charge in [0, 0.05) is 17.7 Å². The van der Waals surface area contributed by atoms with Crippen molar-refractivity contribution in [3.05, 3.63) is 33.9 Å². The first-order valence-electron chi connectivity index (χ1n) is 7.17. The van der Waals surface area contributed by atoms with Crippen LogP contribution >= 0.6 is 0 Å². The molecule has 8 heteroatoms. The molecule has 0 bridgehead atoms. The number of fused-ring (bicyclic) bond motifs is 1. The number of nitrogens with one attached hydrogen (secondary N) is 2. The Balaban J connectivity index is 2.05. The standard InChI is InChI=1S/C14H16N4O4/c19-10-5-9(8-3-1-2-4-8)18-13(16-7-17-18)12(10)14(22)15-6-11(20)21/h5,7-8H,1-4,6H2,(H,15,22)(H,16,17)(H,20,21). The van der Waals surface area contributed by atoms with Crippen molar-refractivity contribution < 1.29 is 14.7 Å². The Kier molecular flexibility index (Phi) is 3.66. The molecule has 2 aromatic rings. The van der Waals surface area contributed by atoms with E-state index in [1.54, 1.807) is 4.52 Å². The number of carbonyl (C=O) groups excluding carboxylic acids is 1. The normalized spacial score (nSPS) is 15.3. The fourth-order valence-electron chi connectivity index (χ4n) is 3.00. The molecule has 0 saturated heterocycles. The lowest BCUT2D eigenvalue weighted by Crippen LogP contribution is -2.33. The van der Waals surface area contributed by atoms with Crippen LogP contribution in [0.5, 0.6) is 0 Å². The molecular formula is C14H16N4O4. The van der Waals surface area contributed by atoms with E-state index in [4.69, 9.17) is 5.11 Å². The minimum atomic E-state index is -1.17. The maximum Gasteiger partial charge on any atom is 0.322 e. The summed E-state index contributed by atoms with van der Waals surface area (Å²) in [5.41, 5.74) is 0.489. The van der Waals surface area contributed by atoms with Gasteiger partial charge in [-0.25, -0.2) is 9.50 Å². The van der Waals surface area contributed by atoms with E-state index in [2.05, 4.69) is 15.4 Å². The summed E-state index contributed by atoms with van der Waals surface area (Å²) in [4.78, 5) is 39.0. The van der Waals surface area contributed by atoms with E-state index in [-0.39, 0.29) is 17.1 Å². The maximum absolute atomic E-state index is 12.3. The highest BCUT2D eigenvalue weighted by Crippen LogP contribution is 2.33. The Labute approximate surface area is 125 Å². The Hall–Kier alpha value is -2.64. The van der Waals surface area contributed by atoms with E-state index in [0.29, 0.717) is 0 Å². The van der Waals surface area contributed by atoms with E-state index in [0.717, 1.165) is 31.4 Å². The van der Waals surface area contributed by atoms with Gasteiger partial charge in [-0.1, -0.05) is 12.8 Å². The number of aliphatic carboxylic acids is 1. The molecule has 0 atom stereocenters. The summed E-state index contributed by atoms with van der Waals surface area (Å²) < 4.78 is 1.65. The van der Waals surface area contributed by atoms with Crippen LogP contribution in [-0.4, -0.2) is 38.1 Å². The zero-order chi connectivity index (χ0) is 15.7. The first-order valence-corrected chi connectivity index (χ1v) is 7.17. The smallest absolute Gasteiger partial charge is 0.322 e. The number of rotatable bonds is 4. The highest BCUT2D eigenvalue weighted by molar-refractivity contribution is 6.00. The van der Waals surface area contributed by atoms with Crippen molar-refractivity contribution in [2.45, 2.75) is 31.6 Å². The van der Waals surface area contributed by atoms with E-state index in [9.17, 15) is 14.4 Å². The van der Waals surface area contributed by atoms with Crippen molar-refractivity contribution in [1.82, 2.24) is 19.9 Å². The minimum Gasteiger partial charge on any atom is -0.480 e. The molecule has 0 unspecified atom stereocenters. The number of pyridine rings is 1. The molecule has 0 aromatic carbocycles. The fourth-order valence-corrected chi connectivity index (χ4v) is 3.00. The number of carboxylic acid groups (broad SMARTS) is 1. The number of aromatic nitrogens is 3. The maximum atomic E-state index is 12.3. The average molecular weight is 304 g/mol. The largest absolute Gasteiger partial charge is 0.480 e. The number of hydrogen-bond donors (Lipinski definition) is 3. The number of nitrogens with zero attached hydrogens (tertiary/aromatic N) is 2. The molecule has 0 radical (unpaired) electrons. The second-order valence-electron chi connectivity index (χ2n) is 5.41. The second kappa shape index (κ2) is 5.63. The summed E-state index contributed by atoms with van der Waals surface area (Å²) in [6.07, 6.45) is 5.67. The molecule has 0 spiro atoms. The Bertz CT molecular complexity index is 786. The number of hydrogen-bond acceptors (Lipinski definition) is 4. The highest BCUT2D eigenvalue weighted by Gasteiger charge is 2.25. The van der Waals surface area contributed by atoms with Gasteiger partial charge < -0.3 is 10.4 Å². The Morgan fingerprint density at radius 1 is 1.41 bits per heavy atom. The molecule has 8 nitrogen and oxygen atoms in total. The molecule has 3 N–H and O–H groups in total. The fraction of sp³-hybridized carbons (Fsp3) is 0.429. The predicted molar refractivity (Wildman–Crippen MR) is 77.0 cm³/mol. The molecule has 3 rings (SSSR count). The first kappa shape index (κ1) is 14.3. The summed E-state index contributed by atoms with van der Waals surface area (Å²) in [6.45, 7) is -0.542. The summed E-state index contributed by atoms with van der Waals surface area (Å²) in [6, 6.07) is 1.46. The van der Waals surface area contributed by atoms with Crippen molar-refractivity contribution in [1.29, 1.82) is 0 Å². The van der Waals surface area contributed by atoms with Crippen LogP contribution in [0, 0.1) is 0 Å². The number of carboxylic acids is 1. The van der Waals surface area contributed by atoms with E-state index < -0.39 is 23.9 Å². The first-order chi connectivity index (χ1) is 10.6. The van der Waals surface area contributed by atoms with Gasteiger partial charge in [-0.05, 0) is 12.8 Å². The lowest BCUT2D eigenvalue weighted by atomic mass is 10.0. The van der Waals surface area contributed by atoms with Crippen LogP contribution in [0.2, 0.25) is 0 Å². The molecule has 1 fully saturated rings. The highest BCUT2D eigenvalue weighted by atomic mass is 16.4. The van der Waals surface area contributed by atoms with Gasteiger partial charge in [-0.2, -0.15) is 0 Å². The zero-order valence-electron chi connectivity index (χ0n) is 11.8. The third kappa shape index (κ3) is 2.47. The lowest BCUT2D eigenvalue weighted by Gasteiger charge is -2.13. The van der Waals surface area contributed by atoms with E-state index in [1.807, 2.05) is 0 Å². The van der Waals surface area contributed by atoms with Crippen LogP contribution < -0.4 is 10.7 Å². The Morgan fingerprint density at radius 2 is 2.14 bits per heavy atom. The topological polar surface area (TPSA) is 117 Å². The SMILES string of the molecule is O=C(O)CNC(=O)c1c(=O)cc(C2CCCC2)n2[nH]cnc12.